The van der Waals surface area contributed by atoms with E-state index in [1.165, 1.54) is 65.6 Å². The van der Waals surface area contributed by atoms with E-state index in [-0.39, 0.29) is 6.10 Å². The molecule has 4 aliphatic rings. The van der Waals surface area contributed by atoms with Crippen LogP contribution in [0.5, 0.6) is 0 Å². The van der Waals surface area contributed by atoms with Gasteiger partial charge in [0, 0.05) is 27.9 Å². The minimum absolute atomic E-state index is 0.270. The van der Waals surface area contributed by atoms with Crippen LogP contribution in [-0.4, -0.2) is 53.1 Å². The van der Waals surface area contributed by atoms with Gasteiger partial charge in [-0.2, -0.15) is 0 Å². The van der Waals surface area contributed by atoms with E-state index in [9.17, 15) is 4.57 Å². The van der Waals surface area contributed by atoms with E-state index in [0.29, 0.717) is 65.4 Å². The molecule has 11 atom stereocenters. The maximum atomic E-state index is 12.6. The molecule has 4 saturated carbocycles. The van der Waals surface area contributed by atoms with Crippen LogP contribution in [0.1, 0.15) is 98.8 Å². The molecule has 7 heteroatoms. The maximum absolute atomic E-state index is 12.6. The normalized spacial score (nSPS) is 43.0. The molecule has 0 aliphatic heterocycles. The smallest absolute Gasteiger partial charge is 0.330 e. The molecule has 0 saturated heterocycles. The molecule has 4 aliphatic carbocycles. The first kappa shape index (κ1) is 32.0. The van der Waals surface area contributed by atoms with Crippen molar-refractivity contribution in [3.05, 3.63) is 0 Å². The van der Waals surface area contributed by atoms with Crippen molar-refractivity contribution >= 4 is 7.60 Å². The van der Waals surface area contributed by atoms with Gasteiger partial charge < -0.3 is 23.3 Å². The lowest BCUT2D eigenvalue weighted by atomic mass is 9.41. The van der Waals surface area contributed by atoms with E-state index >= 15 is 0 Å². The third-order valence-electron chi connectivity index (χ3n) is 12.5. The van der Waals surface area contributed by atoms with Gasteiger partial charge in [-0.1, -0.05) is 34.1 Å². The number of ether oxygens (including phenoxy) is 3. The fraction of sp³-hybridized carbons (Fsp3) is 1.00. The average Bonchev–Trinajstić information content (AvgIpc) is 3.29. The fourth-order valence-corrected chi connectivity index (χ4v) is 11.8. The predicted octanol–water partition coefficient (Wildman–Crippen LogP) is 8.19. The molecule has 0 bridgehead atoms. The van der Waals surface area contributed by atoms with E-state index in [1.54, 1.807) is 7.11 Å². The topological polar surface area (TPSA) is 63.2 Å². The number of methoxy groups -OCH3 is 1. The zero-order valence-electron chi connectivity index (χ0n) is 26.3. The molecule has 0 amide bonds. The Morgan fingerprint density at radius 2 is 1.59 bits per heavy atom. The van der Waals surface area contributed by atoms with Crippen molar-refractivity contribution in [2.45, 2.75) is 111 Å². The van der Waals surface area contributed by atoms with Crippen LogP contribution < -0.4 is 0 Å². The Bertz CT molecular complexity index is 829. The summed E-state index contributed by atoms with van der Waals surface area (Å²) in [6.45, 7) is 13.4. The highest BCUT2D eigenvalue weighted by atomic mass is 31.2. The van der Waals surface area contributed by atoms with Gasteiger partial charge in [0.15, 0.2) is 0 Å². The van der Waals surface area contributed by atoms with Gasteiger partial charge >= 0.3 is 7.60 Å². The van der Waals surface area contributed by atoms with Crippen LogP contribution in [-0.2, 0) is 27.8 Å². The molecule has 0 heterocycles. The van der Waals surface area contributed by atoms with Crippen LogP contribution in [0, 0.1) is 52.3 Å². The van der Waals surface area contributed by atoms with Crippen molar-refractivity contribution < 1.29 is 27.8 Å². The van der Waals surface area contributed by atoms with Gasteiger partial charge in [-0.25, -0.2) is 0 Å². The van der Waals surface area contributed by atoms with Crippen molar-refractivity contribution in [3.8, 4) is 0 Å². The summed E-state index contributed by atoms with van der Waals surface area (Å²) in [5.74, 6) is 4.55. The minimum Gasteiger partial charge on any atom is -0.378 e. The lowest BCUT2D eigenvalue weighted by Gasteiger charge is -2.65. The standard InChI is InChI=1S/C32H59O6P/c1-9-24-28-20-23(37-10-2)15-17-32(28,5)27-16-18-31(4)25(22(3)12-11-19-39(33,35-7)36-8)13-14-26(31)29(27)30(24)38-21-34-6/h22-30H,9-21H2,1-8H3/t22-,23-,24-,25-,26?,27?,28+,29?,30?,31-,32-/m1/s1. The van der Waals surface area contributed by atoms with Gasteiger partial charge in [0.2, 0.25) is 0 Å². The van der Waals surface area contributed by atoms with Crippen molar-refractivity contribution in [2.75, 3.05) is 40.9 Å². The SMILES string of the molecule is CCO[C@@H]1CC[C@]2(C)C3CC[C@@]4(C)C(CC[C@@H]4[C@H](C)CCCP(=O)(OC)OC)C3C(OCOC)[C@H](CC)[C@@H]2C1. The fourth-order valence-electron chi connectivity index (χ4n) is 10.7. The first-order valence-corrected chi connectivity index (χ1v) is 17.8. The minimum atomic E-state index is -2.93. The summed E-state index contributed by atoms with van der Waals surface area (Å²) in [6.07, 6.45) is 13.3. The molecule has 39 heavy (non-hydrogen) atoms. The van der Waals surface area contributed by atoms with Gasteiger partial charge in [0.1, 0.15) is 6.79 Å². The van der Waals surface area contributed by atoms with E-state index in [2.05, 4.69) is 34.6 Å². The molecular formula is C32H59O6P. The number of fused-ring (bicyclic) bond motifs is 5. The average molecular weight is 571 g/mol. The summed E-state index contributed by atoms with van der Waals surface area (Å²) in [4.78, 5) is 0. The Hall–Kier alpha value is 0.0300. The Morgan fingerprint density at radius 1 is 0.897 bits per heavy atom. The molecule has 0 aromatic rings. The summed E-state index contributed by atoms with van der Waals surface area (Å²) in [6, 6.07) is 0. The van der Waals surface area contributed by atoms with Gasteiger partial charge in [-0.05, 0) is 117 Å². The molecule has 0 aromatic carbocycles. The molecule has 4 unspecified atom stereocenters. The van der Waals surface area contributed by atoms with Gasteiger partial charge in [0.25, 0.3) is 0 Å². The maximum Gasteiger partial charge on any atom is 0.330 e. The molecule has 0 aromatic heterocycles. The monoisotopic (exact) mass is 570 g/mol. The van der Waals surface area contributed by atoms with Gasteiger partial charge in [-0.15, -0.1) is 0 Å². The first-order valence-electron chi connectivity index (χ1n) is 16.0. The van der Waals surface area contributed by atoms with Crippen LogP contribution in [0.15, 0.2) is 0 Å². The van der Waals surface area contributed by atoms with Crippen LogP contribution in [0.3, 0.4) is 0 Å². The number of hydrogen-bond donors (Lipinski definition) is 0. The Kier molecular flexibility index (Phi) is 10.8. The van der Waals surface area contributed by atoms with Gasteiger partial charge in [-0.3, -0.25) is 4.57 Å². The van der Waals surface area contributed by atoms with Crippen LogP contribution in [0.25, 0.3) is 0 Å². The summed E-state index contributed by atoms with van der Waals surface area (Å²) < 4.78 is 41.5. The van der Waals surface area contributed by atoms with E-state index in [4.69, 9.17) is 23.3 Å². The number of hydrogen-bond acceptors (Lipinski definition) is 6. The molecule has 0 spiro atoms. The molecule has 4 fully saturated rings. The molecule has 0 radical (unpaired) electrons. The zero-order valence-corrected chi connectivity index (χ0v) is 27.2. The summed E-state index contributed by atoms with van der Waals surface area (Å²) in [5, 5.41) is 0. The highest BCUT2D eigenvalue weighted by Gasteiger charge is 2.65. The van der Waals surface area contributed by atoms with Crippen molar-refractivity contribution in [2.24, 2.45) is 52.3 Å². The molecule has 6 nitrogen and oxygen atoms in total. The first-order chi connectivity index (χ1) is 18.6. The van der Waals surface area contributed by atoms with E-state index in [0.717, 1.165) is 25.4 Å². The predicted molar refractivity (Wildman–Crippen MR) is 157 cm³/mol. The second kappa shape index (κ2) is 13.1. The van der Waals surface area contributed by atoms with Crippen LogP contribution in [0.2, 0.25) is 0 Å². The van der Waals surface area contributed by atoms with Crippen molar-refractivity contribution in [1.82, 2.24) is 0 Å². The van der Waals surface area contributed by atoms with Crippen molar-refractivity contribution in [3.63, 3.8) is 0 Å². The largest absolute Gasteiger partial charge is 0.378 e. The number of rotatable bonds is 13. The third-order valence-corrected chi connectivity index (χ3v) is 14.5. The van der Waals surface area contributed by atoms with Crippen molar-refractivity contribution in [1.29, 1.82) is 0 Å². The molecule has 228 valence electrons. The lowest BCUT2D eigenvalue weighted by Crippen LogP contribution is -2.62. The Balaban J connectivity index is 1.57. The highest BCUT2D eigenvalue weighted by molar-refractivity contribution is 7.53. The van der Waals surface area contributed by atoms with Crippen LogP contribution in [0.4, 0.5) is 0 Å². The summed E-state index contributed by atoms with van der Waals surface area (Å²) in [7, 11) is 1.83. The second-order valence-electron chi connectivity index (χ2n) is 13.9. The lowest BCUT2D eigenvalue weighted by molar-refractivity contribution is -0.236. The molecular weight excluding hydrogens is 511 g/mol. The summed E-state index contributed by atoms with van der Waals surface area (Å²) in [5.41, 5.74) is 0.712. The van der Waals surface area contributed by atoms with E-state index in [1.807, 2.05) is 0 Å². The molecule has 0 N–H and O–H groups in total. The zero-order chi connectivity index (χ0) is 28.4. The third kappa shape index (κ3) is 5.96. The second-order valence-corrected chi connectivity index (χ2v) is 16.3. The quantitative estimate of drug-likeness (QED) is 0.164. The Morgan fingerprint density at radius 3 is 2.23 bits per heavy atom. The van der Waals surface area contributed by atoms with Gasteiger partial charge in [0.05, 0.1) is 18.4 Å². The highest BCUT2D eigenvalue weighted by Crippen LogP contribution is 2.70. The summed E-state index contributed by atoms with van der Waals surface area (Å²) >= 11 is 0. The van der Waals surface area contributed by atoms with E-state index < -0.39 is 7.60 Å². The molecule has 4 rings (SSSR count). The Labute approximate surface area is 239 Å². The van der Waals surface area contributed by atoms with Crippen LogP contribution >= 0.6 is 7.60 Å².